The minimum absolute atomic E-state index is 0.365. The molecule has 0 saturated carbocycles. The van der Waals surface area contributed by atoms with E-state index in [2.05, 4.69) is 33.2 Å². The van der Waals surface area contributed by atoms with E-state index in [1.807, 2.05) is 37.3 Å². The van der Waals surface area contributed by atoms with Gasteiger partial charge in [-0.25, -0.2) is 4.79 Å². The van der Waals surface area contributed by atoms with Gasteiger partial charge in [0.1, 0.15) is 5.00 Å². The Morgan fingerprint density at radius 3 is 2.73 bits per heavy atom. The molecule has 2 N–H and O–H groups in total. The van der Waals surface area contributed by atoms with E-state index in [9.17, 15) is 4.79 Å². The van der Waals surface area contributed by atoms with E-state index in [1.165, 1.54) is 18.4 Å². The number of para-hydroxylation sites is 1. The van der Waals surface area contributed by atoms with Gasteiger partial charge in [-0.05, 0) is 59.4 Å². The van der Waals surface area contributed by atoms with Crippen LogP contribution < -0.4 is 10.6 Å². The minimum atomic E-state index is -0.365. The number of thiophene rings is 1. The Bertz CT molecular complexity index is 701. The standard InChI is InChI=1S/C15H15IN2O2S2/c1-3-9-8-10(14(19)20-2)13(22-9)18-15(21)17-12-7-5-4-6-11(12)16/h4-8H,3H2,1-2H3,(H2,17,18,21). The molecule has 22 heavy (non-hydrogen) atoms. The zero-order chi connectivity index (χ0) is 16.1. The van der Waals surface area contributed by atoms with Gasteiger partial charge in [-0.1, -0.05) is 19.1 Å². The van der Waals surface area contributed by atoms with Crippen molar-refractivity contribution < 1.29 is 9.53 Å². The van der Waals surface area contributed by atoms with Crippen LogP contribution in [0.3, 0.4) is 0 Å². The van der Waals surface area contributed by atoms with Crippen LogP contribution in [0.5, 0.6) is 0 Å². The summed E-state index contributed by atoms with van der Waals surface area (Å²) in [6.45, 7) is 2.04. The van der Waals surface area contributed by atoms with E-state index in [0.29, 0.717) is 15.7 Å². The number of carbonyl (C=O) groups excluding carboxylic acids is 1. The maximum Gasteiger partial charge on any atom is 0.340 e. The lowest BCUT2D eigenvalue weighted by atomic mass is 10.2. The monoisotopic (exact) mass is 446 g/mol. The predicted molar refractivity (Wildman–Crippen MR) is 104 cm³/mol. The van der Waals surface area contributed by atoms with Gasteiger partial charge in [-0.3, -0.25) is 0 Å². The van der Waals surface area contributed by atoms with Crippen molar-refractivity contribution in [2.75, 3.05) is 17.7 Å². The number of anilines is 2. The van der Waals surface area contributed by atoms with Gasteiger partial charge in [0.2, 0.25) is 0 Å². The molecule has 0 saturated heterocycles. The molecule has 1 aromatic carbocycles. The zero-order valence-corrected chi connectivity index (χ0v) is 15.9. The van der Waals surface area contributed by atoms with E-state index in [1.54, 1.807) is 0 Å². The molecule has 0 amide bonds. The highest BCUT2D eigenvalue weighted by Gasteiger charge is 2.17. The Morgan fingerprint density at radius 1 is 1.36 bits per heavy atom. The van der Waals surface area contributed by atoms with Crippen LogP contribution in [0.1, 0.15) is 22.2 Å². The Hall–Kier alpha value is -1.19. The fraction of sp³-hybridized carbons (Fsp3) is 0.200. The summed E-state index contributed by atoms with van der Waals surface area (Å²) in [5.74, 6) is -0.365. The van der Waals surface area contributed by atoms with Crippen molar-refractivity contribution in [3.63, 3.8) is 0 Å². The summed E-state index contributed by atoms with van der Waals surface area (Å²) in [5.41, 5.74) is 1.43. The number of thiocarbonyl (C=S) groups is 1. The Labute approximate surface area is 152 Å². The number of rotatable bonds is 4. The lowest BCUT2D eigenvalue weighted by Crippen LogP contribution is -2.20. The van der Waals surface area contributed by atoms with Gasteiger partial charge < -0.3 is 15.4 Å². The van der Waals surface area contributed by atoms with Gasteiger partial charge in [0.25, 0.3) is 0 Å². The second-order valence-electron chi connectivity index (χ2n) is 4.36. The van der Waals surface area contributed by atoms with Crippen LogP contribution in [0, 0.1) is 3.57 Å². The van der Waals surface area contributed by atoms with E-state index in [4.69, 9.17) is 17.0 Å². The molecule has 0 aliphatic carbocycles. The van der Waals surface area contributed by atoms with E-state index in [-0.39, 0.29) is 5.97 Å². The van der Waals surface area contributed by atoms with Crippen LogP contribution in [0.15, 0.2) is 30.3 Å². The third-order valence-electron chi connectivity index (χ3n) is 2.89. The molecule has 0 spiro atoms. The zero-order valence-electron chi connectivity index (χ0n) is 12.1. The third kappa shape index (κ3) is 4.17. The molecule has 1 aromatic heterocycles. The molecule has 116 valence electrons. The van der Waals surface area contributed by atoms with Crippen molar-refractivity contribution in [3.8, 4) is 0 Å². The molecule has 4 nitrogen and oxygen atoms in total. The van der Waals surface area contributed by atoms with Crippen LogP contribution in [-0.4, -0.2) is 18.2 Å². The van der Waals surface area contributed by atoms with Gasteiger partial charge >= 0.3 is 5.97 Å². The Balaban J connectivity index is 2.16. The number of halogens is 1. The molecule has 0 aliphatic rings. The molecule has 0 radical (unpaired) electrons. The van der Waals surface area contributed by atoms with Gasteiger partial charge in [-0.15, -0.1) is 11.3 Å². The number of esters is 1. The number of benzene rings is 1. The topological polar surface area (TPSA) is 50.4 Å². The molecule has 1 heterocycles. The van der Waals surface area contributed by atoms with Crippen molar-refractivity contribution >= 4 is 67.9 Å². The average molecular weight is 446 g/mol. The summed E-state index contributed by atoms with van der Waals surface area (Å²) in [6, 6.07) is 9.68. The second-order valence-corrected chi connectivity index (χ2v) is 7.07. The van der Waals surface area contributed by atoms with E-state index >= 15 is 0 Å². The smallest absolute Gasteiger partial charge is 0.340 e. The number of hydrogen-bond acceptors (Lipinski definition) is 4. The molecular weight excluding hydrogens is 431 g/mol. The van der Waals surface area contributed by atoms with Crippen molar-refractivity contribution in [1.82, 2.24) is 0 Å². The first-order chi connectivity index (χ1) is 10.5. The number of methoxy groups -OCH3 is 1. The first-order valence-corrected chi connectivity index (χ1v) is 8.89. The lowest BCUT2D eigenvalue weighted by molar-refractivity contribution is 0.0602. The number of hydrogen-bond donors (Lipinski definition) is 2. The van der Waals surface area contributed by atoms with Crippen LogP contribution >= 0.6 is 46.1 Å². The Morgan fingerprint density at radius 2 is 2.09 bits per heavy atom. The maximum atomic E-state index is 11.8. The number of carbonyl (C=O) groups is 1. The lowest BCUT2D eigenvalue weighted by Gasteiger charge is -2.11. The molecule has 0 unspecified atom stereocenters. The SMILES string of the molecule is CCc1cc(C(=O)OC)c(NC(=S)Nc2ccccc2I)s1. The molecule has 7 heteroatoms. The highest BCUT2D eigenvalue weighted by Crippen LogP contribution is 2.29. The minimum Gasteiger partial charge on any atom is -0.465 e. The molecule has 2 aromatic rings. The Kier molecular flexibility index (Phi) is 6.16. The fourth-order valence-corrected chi connectivity index (χ4v) is 3.58. The fourth-order valence-electron chi connectivity index (χ4n) is 1.79. The molecule has 0 fully saturated rings. The first kappa shape index (κ1) is 17.2. The predicted octanol–water partition coefficient (Wildman–Crippen LogP) is 4.51. The summed E-state index contributed by atoms with van der Waals surface area (Å²) in [4.78, 5) is 12.9. The molecule has 0 atom stereocenters. The molecular formula is C15H15IN2O2S2. The molecule has 2 rings (SSSR count). The first-order valence-electron chi connectivity index (χ1n) is 6.58. The quantitative estimate of drug-likeness (QED) is 0.411. The summed E-state index contributed by atoms with van der Waals surface area (Å²) >= 11 is 9.08. The van der Waals surface area contributed by atoms with E-state index in [0.717, 1.165) is 20.6 Å². The number of nitrogens with one attached hydrogen (secondary N) is 2. The summed E-state index contributed by atoms with van der Waals surface area (Å²) < 4.78 is 5.88. The maximum absolute atomic E-state index is 11.8. The average Bonchev–Trinajstić information content (AvgIpc) is 2.91. The molecule has 0 aliphatic heterocycles. The summed E-state index contributed by atoms with van der Waals surface area (Å²) in [6.07, 6.45) is 0.854. The summed E-state index contributed by atoms with van der Waals surface area (Å²) in [5, 5.41) is 7.37. The number of aryl methyl sites for hydroxylation is 1. The van der Waals surface area contributed by atoms with Crippen molar-refractivity contribution in [2.45, 2.75) is 13.3 Å². The third-order valence-corrected chi connectivity index (χ3v) is 5.23. The van der Waals surface area contributed by atoms with E-state index < -0.39 is 0 Å². The van der Waals surface area contributed by atoms with Crippen LogP contribution in [0.2, 0.25) is 0 Å². The van der Waals surface area contributed by atoms with Gasteiger partial charge in [0.05, 0.1) is 18.4 Å². The van der Waals surface area contributed by atoms with Crippen molar-refractivity contribution in [3.05, 3.63) is 44.3 Å². The van der Waals surface area contributed by atoms with Crippen molar-refractivity contribution in [2.24, 2.45) is 0 Å². The number of ether oxygens (including phenoxy) is 1. The molecule has 0 bridgehead atoms. The largest absolute Gasteiger partial charge is 0.465 e. The highest BCUT2D eigenvalue weighted by atomic mass is 127. The van der Waals surface area contributed by atoms with Gasteiger partial charge in [0.15, 0.2) is 5.11 Å². The summed E-state index contributed by atoms with van der Waals surface area (Å²) in [7, 11) is 1.37. The van der Waals surface area contributed by atoms with Gasteiger partial charge in [-0.2, -0.15) is 0 Å². The van der Waals surface area contributed by atoms with Crippen LogP contribution in [-0.2, 0) is 11.2 Å². The van der Waals surface area contributed by atoms with Crippen molar-refractivity contribution in [1.29, 1.82) is 0 Å². The van der Waals surface area contributed by atoms with Gasteiger partial charge in [0, 0.05) is 8.45 Å². The second kappa shape index (κ2) is 7.89. The van der Waals surface area contributed by atoms with Crippen LogP contribution in [0.25, 0.3) is 0 Å². The van der Waals surface area contributed by atoms with Crippen LogP contribution in [0.4, 0.5) is 10.7 Å². The highest BCUT2D eigenvalue weighted by molar-refractivity contribution is 14.1. The normalized spacial score (nSPS) is 10.1.